The fourth-order valence-corrected chi connectivity index (χ4v) is 3.18. The van der Waals surface area contributed by atoms with Crippen molar-refractivity contribution in [2.75, 3.05) is 12.4 Å². The quantitative estimate of drug-likeness (QED) is 0.644. The van der Waals surface area contributed by atoms with E-state index in [0.29, 0.717) is 28.3 Å². The van der Waals surface area contributed by atoms with Gasteiger partial charge in [0.25, 0.3) is 0 Å². The van der Waals surface area contributed by atoms with E-state index < -0.39 is 12.0 Å². The van der Waals surface area contributed by atoms with Crippen molar-refractivity contribution in [1.29, 1.82) is 0 Å². The highest BCUT2D eigenvalue weighted by Gasteiger charge is 2.15. The molecule has 0 amide bonds. The van der Waals surface area contributed by atoms with Gasteiger partial charge in [-0.3, -0.25) is 4.79 Å². The number of thioether (sulfide) groups is 1. The van der Waals surface area contributed by atoms with Gasteiger partial charge in [-0.05, 0) is 19.9 Å². The van der Waals surface area contributed by atoms with Crippen molar-refractivity contribution >= 4 is 40.9 Å². The van der Waals surface area contributed by atoms with Crippen LogP contribution in [0.15, 0.2) is 6.07 Å². The van der Waals surface area contributed by atoms with Crippen molar-refractivity contribution in [3.63, 3.8) is 0 Å². The van der Waals surface area contributed by atoms with E-state index >= 15 is 0 Å². The average Bonchev–Trinajstić information content (AvgIpc) is 2.32. The van der Waals surface area contributed by atoms with E-state index in [-0.39, 0.29) is 0 Å². The summed E-state index contributed by atoms with van der Waals surface area (Å²) in [4.78, 5) is 15.5. The summed E-state index contributed by atoms with van der Waals surface area (Å²) in [5, 5.41) is 0.969. The van der Waals surface area contributed by atoms with Gasteiger partial charge >= 0.3 is 5.97 Å². The fourth-order valence-electron chi connectivity index (χ4n) is 1.36. The molecular weight excluding hydrogens is 307 g/mol. The van der Waals surface area contributed by atoms with Crippen LogP contribution in [0.4, 0.5) is 0 Å². The fraction of sp³-hybridized carbons (Fsp3) is 0.500. The summed E-state index contributed by atoms with van der Waals surface area (Å²) in [6.07, 6.45) is 0. The van der Waals surface area contributed by atoms with Crippen molar-refractivity contribution in [3.8, 4) is 0 Å². The molecule has 106 valence electrons. The molecular formula is C12H16Cl2N2O2S. The van der Waals surface area contributed by atoms with Crippen molar-refractivity contribution < 1.29 is 9.53 Å². The zero-order valence-corrected chi connectivity index (χ0v) is 13.1. The standard InChI is InChI=1S/C12H16Cl2N2O2S/c1-3-18-12(17)10(15)6-19-5-8-9(13)4-7(2)16-11(8)14/h4,10H,3,5-6,15H2,1-2H3. The second kappa shape index (κ2) is 7.94. The van der Waals surface area contributed by atoms with Gasteiger partial charge in [0.2, 0.25) is 0 Å². The minimum Gasteiger partial charge on any atom is -0.465 e. The molecule has 0 spiro atoms. The molecule has 1 aromatic rings. The van der Waals surface area contributed by atoms with Crippen LogP contribution in [0.2, 0.25) is 10.2 Å². The van der Waals surface area contributed by atoms with Gasteiger partial charge in [0, 0.05) is 27.8 Å². The lowest BCUT2D eigenvalue weighted by molar-refractivity contribution is -0.144. The molecule has 0 saturated heterocycles. The number of hydrogen-bond acceptors (Lipinski definition) is 5. The van der Waals surface area contributed by atoms with E-state index in [4.69, 9.17) is 33.7 Å². The van der Waals surface area contributed by atoms with Gasteiger partial charge in [0.05, 0.1) is 6.61 Å². The summed E-state index contributed by atoms with van der Waals surface area (Å²) in [7, 11) is 0. The predicted molar refractivity (Wildman–Crippen MR) is 79.8 cm³/mol. The summed E-state index contributed by atoms with van der Waals surface area (Å²) in [6.45, 7) is 3.90. The van der Waals surface area contributed by atoms with E-state index in [1.807, 2.05) is 6.92 Å². The minimum absolute atomic E-state index is 0.330. The Labute approximate surface area is 127 Å². The molecule has 7 heteroatoms. The van der Waals surface area contributed by atoms with Gasteiger partial charge in [-0.2, -0.15) is 11.8 Å². The zero-order valence-electron chi connectivity index (χ0n) is 10.8. The second-order valence-corrected chi connectivity index (χ2v) is 5.68. The highest BCUT2D eigenvalue weighted by atomic mass is 35.5. The Bertz CT molecular complexity index is 434. The lowest BCUT2D eigenvalue weighted by atomic mass is 10.3. The van der Waals surface area contributed by atoms with Crippen LogP contribution < -0.4 is 5.73 Å². The number of carbonyl (C=O) groups is 1. The molecule has 2 N–H and O–H groups in total. The van der Waals surface area contributed by atoms with Crippen molar-refractivity contribution in [2.45, 2.75) is 25.6 Å². The molecule has 0 aliphatic rings. The number of esters is 1. The number of hydrogen-bond donors (Lipinski definition) is 1. The number of halogens is 2. The third-order valence-corrected chi connectivity index (χ3v) is 4.02. The molecule has 1 rings (SSSR count). The maximum absolute atomic E-state index is 11.3. The molecule has 1 heterocycles. The first-order chi connectivity index (χ1) is 8.95. The van der Waals surface area contributed by atoms with Gasteiger partial charge in [-0.15, -0.1) is 0 Å². The molecule has 0 aliphatic heterocycles. The van der Waals surface area contributed by atoms with Gasteiger partial charge in [0.15, 0.2) is 0 Å². The molecule has 1 aromatic heterocycles. The summed E-state index contributed by atoms with van der Waals surface area (Å²) < 4.78 is 4.83. The van der Waals surface area contributed by atoms with Crippen molar-refractivity contribution in [2.24, 2.45) is 5.73 Å². The Kier molecular flexibility index (Phi) is 6.93. The Morgan fingerprint density at radius 1 is 1.58 bits per heavy atom. The lowest BCUT2D eigenvalue weighted by Gasteiger charge is -2.11. The highest BCUT2D eigenvalue weighted by Crippen LogP contribution is 2.27. The number of nitrogens with two attached hydrogens (primary N) is 1. The van der Waals surface area contributed by atoms with E-state index in [9.17, 15) is 4.79 Å². The maximum atomic E-state index is 11.3. The normalized spacial score (nSPS) is 12.3. The number of nitrogens with zero attached hydrogens (tertiary/aromatic N) is 1. The van der Waals surface area contributed by atoms with E-state index in [0.717, 1.165) is 11.3 Å². The number of aromatic nitrogens is 1. The molecule has 0 radical (unpaired) electrons. The molecule has 0 saturated carbocycles. The summed E-state index contributed by atoms with van der Waals surface area (Å²) in [5.74, 6) is 0.603. The number of carbonyl (C=O) groups excluding carboxylic acids is 1. The summed E-state index contributed by atoms with van der Waals surface area (Å²) in [5.41, 5.74) is 7.22. The molecule has 19 heavy (non-hydrogen) atoms. The molecule has 0 aromatic carbocycles. The number of rotatable bonds is 6. The van der Waals surface area contributed by atoms with Crippen LogP contribution in [0.1, 0.15) is 18.2 Å². The topological polar surface area (TPSA) is 65.2 Å². The van der Waals surface area contributed by atoms with Crippen LogP contribution in [0, 0.1) is 6.92 Å². The maximum Gasteiger partial charge on any atom is 0.323 e. The Hall–Kier alpha value is -0.490. The van der Waals surface area contributed by atoms with E-state index in [1.54, 1.807) is 13.0 Å². The van der Waals surface area contributed by atoms with Crippen molar-refractivity contribution in [1.82, 2.24) is 4.98 Å². The van der Waals surface area contributed by atoms with Crippen LogP contribution >= 0.6 is 35.0 Å². The summed E-state index contributed by atoms with van der Waals surface area (Å²) >= 11 is 13.6. The van der Waals surface area contributed by atoms with Gasteiger partial charge in [-0.25, -0.2) is 4.98 Å². The lowest BCUT2D eigenvalue weighted by Crippen LogP contribution is -2.34. The Morgan fingerprint density at radius 2 is 2.26 bits per heavy atom. The minimum atomic E-state index is -0.638. The molecule has 0 bridgehead atoms. The van der Waals surface area contributed by atoms with Crippen LogP contribution in [0.5, 0.6) is 0 Å². The monoisotopic (exact) mass is 322 g/mol. The Morgan fingerprint density at radius 3 is 2.84 bits per heavy atom. The number of aryl methyl sites for hydroxylation is 1. The third kappa shape index (κ3) is 5.18. The van der Waals surface area contributed by atoms with Crippen LogP contribution in [0.3, 0.4) is 0 Å². The molecule has 0 fully saturated rings. The Balaban J connectivity index is 2.52. The number of ether oxygens (including phenoxy) is 1. The largest absolute Gasteiger partial charge is 0.465 e. The first kappa shape index (κ1) is 16.6. The number of pyridine rings is 1. The van der Waals surface area contributed by atoms with Crippen LogP contribution in [-0.4, -0.2) is 29.4 Å². The van der Waals surface area contributed by atoms with E-state index in [2.05, 4.69) is 4.98 Å². The van der Waals surface area contributed by atoms with Gasteiger partial charge < -0.3 is 10.5 Å². The van der Waals surface area contributed by atoms with Gasteiger partial charge in [-0.1, -0.05) is 23.2 Å². The van der Waals surface area contributed by atoms with Crippen molar-refractivity contribution in [3.05, 3.63) is 27.5 Å². The zero-order chi connectivity index (χ0) is 14.4. The van der Waals surface area contributed by atoms with Gasteiger partial charge in [0.1, 0.15) is 11.2 Å². The highest BCUT2D eigenvalue weighted by molar-refractivity contribution is 7.98. The smallest absolute Gasteiger partial charge is 0.323 e. The third-order valence-electron chi connectivity index (χ3n) is 2.28. The molecule has 1 atom stereocenters. The predicted octanol–water partition coefficient (Wildman–Crippen LogP) is 2.82. The molecule has 4 nitrogen and oxygen atoms in total. The SMILES string of the molecule is CCOC(=O)C(N)CSCc1c(Cl)cc(C)nc1Cl. The molecule has 1 unspecified atom stereocenters. The van der Waals surface area contributed by atoms with E-state index in [1.165, 1.54) is 11.8 Å². The first-order valence-corrected chi connectivity index (χ1v) is 7.68. The van der Waals surface area contributed by atoms with Crippen LogP contribution in [-0.2, 0) is 15.3 Å². The van der Waals surface area contributed by atoms with Crippen LogP contribution in [0.25, 0.3) is 0 Å². The summed E-state index contributed by atoms with van der Waals surface area (Å²) in [6, 6.07) is 1.12. The average molecular weight is 323 g/mol. The first-order valence-electron chi connectivity index (χ1n) is 5.77. The second-order valence-electron chi connectivity index (χ2n) is 3.89. The molecule has 0 aliphatic carbocycles.